The lowest BCUT2D eigenvalue weighted by molar-refractivity contribution is -0.384. The van der Waals surface area contributed by atoms with Gasteiger partial charge in [-0.2, -0.15) is 0 Å². The van der Waals surface area contributed by atoms with E-state index < -0.39 is 10.9 Å². The Labute approximate surface area is 115 Å². The third-order valence-corrected chi connectivity index (χ3v) is 3.12. The van der Waals surface area contributed by atoms with Crippen molar-refractivity contribution in [2.45, 2.75) is 13.8 Å². The van der Waals surface area contributed by atoms with Crippen molar-refractivity contribution in [1.82, 2.24) is 0 Å². The first-order valence-electron chi connectivity index (χ1n) is 5.99. The van der Waals surface area contributed by atoms with E-state index in [1.165, 1.54) is 12.1 Å². The Hall–Kier alpha value is -2.69. The molecule has 0 spiro atoms. The molecule has 0 unspecified atom stereocenters. The van der Waals surface area contributed by atoms with Crippen molar-refractivity contribution in [3.63, 3.8) is 0 Å². The van der Waals surface area contributed by atoms with E-state index in [-0.39, 0.29) is 11.3 Å². The van der Waals surface area contributed by atoms with Gasteiger partial charge in [0.15, 0.2) is 0 Å². The maximum absolute atomic E-state index is 11.2. The van der Waals surface area contributed by atoms with Gasteiger partial charge in [-0.05, 0) is 37.1 Å². The molecule has 2 aromatic rings. The largest absolute Gasteiger partial charge is 0.478 e. The highest BCUT2D eigenvalue weighted by molar-refractivity contribution is 5.90. The summed E-state index contributed by atoms with van der Waals surface area (Å²) in [5.74, 6) is -1.18. The summed E-state index contributed by atoms with van der Waals surface area (Å²) in [4.78, 5) is 21.5. The molecule has 0 aliphatic carbocycles. The molecule has 0 bridgehead atoms. The first-order chi connectivity index (χ1) is 9.40. The normalized spacial score (nSPS) is 10.3. The van der Waals surface area contributed by atoms with Crippen LogP contribution < -0.4 is 0 Å². The van der Waals surface area contributed by atoms with Gasteiger partial charge in [0.2, 0.25) is 0 Å². The van der Waals surface area contributed by atoms with Crippen LogP contribution in [0.4, 0.5) is 5.69 Å². The van der Waals surface area contributed by atoms with Crippen LogP contribution in [-0.2, 0) is 0 Å². The molecule has 0 heterocycles. The number of nitrogens with zero attached hydrogens (tertiary/aromatic N) is 1. The summed E-state index contributed by atoms with van der Waals surface area (Å²) in [6.45, 7) is 3.77. The number of aromatic carboxylic acids is 1. The summed E-state index contributed by atoms with van der Waals surface area (Å²) in [6, 6.07) is 9.64. The van der Waals surface area contributed by atoms with Crippen LogP contribution in [-0.4, -0.2) is 16.0 Å². The Bertz CT molecular complexity index is 707. The van der Waals surface area contributed by atoms with E-state index >= 15 is 0 Å². The maximum Gasteiger partial charge on any atom is 0.335 e. The molecular formula is C15H13NO4. The quantitative estimate of drug-likeness (QED) is 0.683. The predicted octanol–water partition coefficient (Wildman–Crippen LogP) is 3.58. The Morgan fingerprint density at radius 1 is 1.10 bits per heavy atom. The number of carbonyl (C=O) groups is 1. The van der Waals surface area contributed by atoms with Crippen LogP contribution in [0.15, 0.2) is 36.4 Å². The number of carboxylic acids is 1. The number of carboxylic acid groups (broad SMARTS) is 1. The van der Waals surface area contributed by atoms with Crippen LogP contribution in [0.5, 0.6) is 0 Å². The molecule has 0 aliphatic heterocycles. The van der Waals surface area contributed by atoms with E-state index in [4.69, 9.17) is 5.11 Å². The monoisotopic (exact) mass is 271 g/mol. The van der Waals surface area contributed by atoms with Crippen LogP contribution in [0.3, 0.4) is 0 Å². The van der Waals surface area contributed by atoms with Gasteiger partial charge in [0.05, 0.1) is 16.1 Å². The maximum atomic E-state index is 11.2. The molecule has 1 N–H and O–H groups in total. The number of benzene rings is 2. The minimum atomic E-state index is -1.18. The average molecular weight is 271 g/mol. The number of nitro groups is 1. The van der Waals surface area contributed by atoms with E-state index in [1.54, 1.807) is 0 Å². The molecule has 2 rings (SSSR count). The van der Waals surface area contributed by atoms with Crippen molar-refractivity contribution in [3.8, 4) is 11.1 Å². The van der Waals surface area contributed by atoms with Gasteiger partial charge < -0.3 is 5.11 Å². The number of hydrogen-bond acceptors (Lipinski definition) is 3. The summed E-state index contributed by atoms with van der Waals surface area (Å²) in [5.41, 5.74) is 2.78. The zero-order valence-electron chi connectivity index (χ0n) is 11.1. The van der Waals surface area contributed by atoms with Crippen LogP contribution in [0, 0.1) is 24.0 Å². The van der Waals surface area contributed by atoms with Crippen LogP contribution in [0.2, 0.25) is 0 Å². The molecule has 0 saturated heterocycles. The average Bonchev–Trinajstić information content (AvgIpc) is 2.40. The molecule has 0 amide bonds. The SMILES string of the molecule is Cc1ccc(C)c(-c2ccc(C(=O)O)cc2[N+](=O)[O-])c1. The van der Waals surface area contributed by atoms with Gasteiger partial charge in [0, 0.05) is 6.07 Å². The second-order valence-electron chi connectivity index (χ2n) is 4.61. The number of hydrogen-bond donors (Lipinski definition) is 1. The fourth-order valence-corrected chi connectivity index (χ4v) is 2.07. The predicted molar refractivity (Wildman–Crippen MR) is 75.0 cm³/mol. The van der Waals surface area contributed by atoms with Crippen molar-refractivity contribution < 1.29 is 14.8 Å². The van der Waals surface area contributed by atoms with E-state index in [0.29, 0.717) is 5.56 Å². The topological polar surface area (TPSA) is 80.4 Å². The van der Waals surface area contributed by atoms with Crippen molar-refractivity contribution in [2.75, 3.05) is 0 Å². The molecule has 5 heteroatoms. The zero-order chi connectivity index (χ0) is 14.9. The molecule has 0 atom stereocenters. The third-order valence-electron chi connectivity index (χ3n) is 3.12. The molecule has 102 valence electrons. The van der Waals surface area contributed by atoms with Gasteiger partial charge in [0.1, 0.15) is 0 Å². The molecule has 20 heavy (non-hydrogen) atoms. The van der Waals surface area contributed by atoms with Gasteiger partial charge in [-0.15, -0.1) is 0 Å². The lowest BCUT2D eigenvalue weighted by Gasteiger charge is -2.08. The van der Waals surface area contributed by atoms with E-state index in [9.17, 15) is 14.9 Å². The van der Waals surface area contributed by atoms with Crippen molar-refractivity contribution in [1.29, 1.82) is 0 Å². The van der Waals surface area contributed by atoms with Crippen molar-refractivity contribution in [2.24, 2.45) is 0 Å². The number of aryl methyl sites for hydroxylation is 2. The Kier molecular flexibility index (Phi) is 3.52. The van der Waals surface area contributed by atoms with E-state index in [2.05, 4.69) is 0 Å². The molecule has 5 nitrogen and oxygen atoms in total. The van der Waals surface area contributed by atoms with Gasteiger partial charge in [-0.1, -0.05) is 23.8 Å². The minimum Gasteiger partial charge on any atom is -0.478 e. The molecule has 0 fully saturated rings. The lowest BCUT2D eigenvalue weighted by Crippen LogP contribution is -2.00. The summed E-state index contributed by atoms with van der Waals surface area (Å²) in [6.07, 6.45) is 0. The van der Waals surface area contributed by atoms with Gasteiger partial charge >= 0.3 is 5.97 Å². The smallest absolute Gasteiger partial charge is 0.335 e. The molecule has 0 aromatic heterocycles. The van der Waals surface area contributed by atoms with Crippen molar-refractivity contribution in [3.05, 3.63) is 63.2 Å². The van der Waals surface area contributed by atoms with E-state index in [0.717, 1.165) is 22.8 Å². The van der Waals surface area contributed by atoms with Crippen LogP contribution >= 0.6 is 0 Å². The summed E-state index contributed by atoms with van der Waals surface area (Å²) in [7, 11) is 0. The molecule has 0 saturated carbocycles. The van der Waals surface area contributed by atoms with Crippen LogP contribution in [0.25, 0.3) is 11.1 Å². The molecule has 2 aromatic carbocycles. The highest BCUT2D eigenvalue weighted by Gasteiger charge is 2.19. The highest BCUT2D eigenvalue weighted by atomic mass is 16.6. The fraction of sp³-hybridized carbons (Fsp3) is 0.133. The van der Waals surface area contributed by atoms with Gasteiger partial charge in [0.25, 0.3) is 5.69 Å². The van der Waals surface area contributed by atoms with E-state index in [1.807, 2.05) is 32.0 Å². The summed E-state index contributed by atoms with van der Waals surface area (Å²) >= 11 is 0. The fourth-order valence-electron chi connectivity index (χ4n) is 2.07. The first-order valence-corrected chi connectivity index (χ1v) is 5.99. The standard InChI is InChI=1S/C15H13NO4/c1-9-3-4-10(2)13(7-9)12-6-5-11(15(17)18)8-14(12)16(19)20/h3-8H,1-2H3,(H,17,18). The Morgan fingerprint density at radius 3 is 2.40 bits per heavy atom. The molecule has 0 aliphatic rings. The summed E-state index contributed by atoms with van der Waals surface area (Å²) < 4.78 is 0. The lowest BCUT2D eigenvalue weighted by atomic mass is 9.96. The highest BCUT2D eigenvalue weighted by Crippen LogP contribution is 2.33. The van der Waals surface area contributed by atoms with Crippen molar-refractivity contribution >= 4 is 11.7 Å². The zero-order valence-corrected chi connectivity index (χ0v) is 11.1. The second kappa shape index (κ2) is 5.13. The first kappa shape index (κ1) is 13.7. The third kappa shape index (κ3) is 2.51. The number of rotatable bonds is 3. The second-order valence-corrected chi connectivity index (χ2v) is 4.61. The molecule has 0 radical (unpaired) electrons. The number of nitro benzene ring substituents is 1. The van der Waals surface area contributed by atoms with Gasteiger partial charge in [-0.3, -0.25) is 10.1 Å². The summed E-state index contributed by atoms with van der Waals surface area (Å²) in [5, 5.41) is 20.1. The Morgan fingerprint density at radius 2 is 1.80 bits per heavy atom. The van der Waals surface area contributed by atoms with Gasteiger partial charge in [-0.25, -0.2) is 4.79 Å². The minimum absolute atomic E-state index is 0.0919. The molecular weight excluding hydrogens is 258 g/mol. The Balaban J connectivity index is 2.70. The van der Waals surface area contributed by atoms with Crippen LogP contribution in [0.1, 0.15) is 21.5 Å².